The Labute approximate surface area is 80.3 Å². The van der Waals surface area contributed by atoms with Gasteiger partial charge in [-0.05, 0) is 0 Å². The first kappa shape index (κ1) is 19.3. The summed E-state index contributed by atoms with van der Waals surface area (Å²) >= 11 is 0. The molecule has 9 nitrogen and oxygen atoms in total. The lowest BCUT2D eigenvalue weighted by molar-refractivity contribution is -0.135. The van der Waals surface area contributed by atoms with Gasteiger partial charge in [0.1, 0.15) is 0 Å². The molecular formula is C3H13NO8P2. The highest BCUT2D eigenvalue weighted by Gasteiger charge is 1.95. The molecule has 11 heteroatoms. The van der Waals surface area contributed by atoms with Crippen LogP contribution in [0.5, 0.6) is 0 Å². The van der Waals surface area contributed by atoms with Crippen LogP contribution in [0.4, 0.5) is 0 Å². The van der Waals surface area contributed by atoms with Crippen molar-refractivity contribution < 1.29 is 38.6 Å². The third-order valence-corrected chi connectivity index (χ3v) is 0.175. The van der Waals surface area contributed by atoms with Gasteiger partial charge < -0.3 is 30.4 Å². The van der Waals surface area contributed by atoms with E-state index in [4.69, 9.17) is 29.2 Å². The lowest BCUT2D eigenvalue weighted by Crippen LogP contribution is -2.10. The molecule has 0 aliphatic rings. The van der Waals surface area contributed by atoms with Crippen LogP contribution in [-0.4, -0.2) is 43.9 Å². The Bertz CT molecular complexity index is 198. The van der Waals surface area contributed by atoms with Crippen molar-refractivity contribution in [2.24, 2.45) is 5.73 Å². The van der Waals surface area contributed by atoms with E-state index in [1.165, 1.54) is 0 Å². The second-order valence-electron chi connectivity index (χ2n) is 1.72. The van der Waals surface area contributed by atoms with Crippen LogP contribution in [0.2, 0.25) is 0 Å². The quantitative estimate of drug-likeness (QED) is 0.293. The molecule has 0 amide bonds. The molecule has 0 aromatic heterocycles. The standard InChI is InChI=1S/C2H5NO2.CH5O3P.H3O3P/c3-1-2(4)5;1-5(2,3)4;1-4(2)3/h1,3H2,(H,4,5);1H3,(H2,2,3,4);4H,(H2,1,2,3). The van der Waals surface area contributed by atoms with E-state index in [1.54, 1.807) is 0 Å². The Kier molecular flexibility index (Phi) is 14.9. The average molecular weight is 253 g/mol. The summed E-state index contributed by atoms with van der Waals surface area (Å²) in [5, 5.41) is 7.60. The average Bonchev–Trinajstić information content (AvgIpc) is 1.82. The molecule has 0 radical (unpaired) electrons. The maximum atomic E-state index is 9.33. The zero-order valence-corrected chi connectivity index (χ0v) is 9.09. The van der Waals surface area contributed by atoms with E-state index < -0.39 is 21.8 Å². The van der Waals surface area contributed by atoms with Crippen LogP contribution in [0.1, 0.15) is 0 Å². The predicted octanol–water partition coefficient (Wildman–Crippen LogP) is -1.82. The van der Waals surface area contributed by atoms with Gasteiger partial charge in [0.25, 0.3) is 0 Å². The van der Waals surface area contributed by atoms with Gasteiger partial charge in [-0.15, -0.1) is 0 Å². The molecular weight excluding hydrogens is 240 g/mol. The molecule has 0 atom stereocenters. The molecule has 0 rings (SSSR count). The third-order valence-electron chi connectivity index (χ3n) is 0.175. The Balaban J connectivity index is -0.000000131. The summed E-state index contributed by atoms with van der Waals surface area (Å²) in [6, 6.07) is 0. The molecule has 0 saturated heterocycles. The topological polar surface area (TPSA) is 178 Å². The third kappa shape index (κ3) is 451. The van der Waals surface area contributed by atoms with Crippen LogP contribution in [0.15, 0.2) is 0 Å². The molecule has 0 aromatic carbocycles. The van der Waals surface area contributed by atoms with Gasteiger partial charge in [-0.1, -0.05) is 0 Å². The minimum atomic E-state index is -3.64. The first-order valence-corrected chi connectivity index (χ1v) is 6.23. The van der Waals surface area contributed by atoms with Gasteiger partial charge in [-0.25, -0.2) is 0 Å². The van der Waals surface area contributed by atoms with E-state index >= 15 is 0 Å². The van der Waals surface area contributed by atoms with Crippen LogP contribution >= 0.6 is 15.9 Å². The van der Waals surface area contributed by atoms with E-state index in [0.29, 0.717) is 0 Å². The van der Waals surface area contributed by atoms with Gasteiger partial charge in [0.05, 0.1) is 6.54 Å². The molecule has 0 heterocycles. The Hall–Kier alpha value is -0.270. The van der Waals surface area contributed by atoms with Crippen LogP contribution in [0, 0.1) is 0 Å². The fraction of sp³-hybridized carbons (Fsp3) is 0.667. The number of nitrogens with two attached hydrogens (primary N) is 1. The number of carbonyl (C=O) groups is 1. The highest BCUT2D eigenvalue weighted by molar-refractivity contribution is 7.50. The van der Waals surface area contributed by atoms with Crippen molar-refractivity contribution in [3.05, 3.63) is 0 Å². The molecule has 0 aromatic rings. The fourth-order valence-corrected chi connectivity index (χ4v) is 0. The van der Waals surface area contributed by atoms with Crippen LogP contribution in [-0.2, 0) is 13.9 Å². The van der Waals surface area contributed by atoms with Crippen molar-refractivity contribution in [3.63, 3.8) is 0 Å². The molecule has 0 fully saturated rings. The maximum Gasteiger partial charge on any atom is 0.322 e. The maximum absolute atomic E-state index is 9.33. The zero-order chi connectivity index (χ0) is 12.4. The van der Waals surface area contributed by atoms with E-state index in [1.807, 2.05) is 0 Å². The van der Waals surface area contributed by atoms with Crippen LogP contribution < -0.4 is 5.73 Å². The first-order chi connectivity index (χ1) is 6.00. The molecule has 0 aliphatic carbocycles. The minimum absolute atomic E-state index is 0.278. The van der Waals surface area contributed by atoms with Crippen molar-refractivity contribution in [1.29, 1.82) is 0 Å². The fourth-order valence-electron chi connectivity index (χ4n) is 0. The van der Waals surface area contributed by atoms with E-state index in [2.05, 4.69) is 5.73 Å². The van der Waals surface area contributed by atoms with Gasteiger partial charge in [0.15, 0.2) is 0 Å². The first-order valence-electron chi connectivity index (χ1n) is 2.87. The number of carboxylic acid groups (broad SMARTS) is 1. The monoisotopic (exact) mass is 253 g/mol. The second-order valence-corrected chi connectivity index (χ2v) is 3.95. The summed E-state index contributed by atoms with van der Waals surface area (Å²) in [5.41, 5.74) is 4.57. The highest BCUT2D eigenvalue weighted by Crippen LogP contribution is 2.26. The van der Waals surface area contributed by atoms with E-state index in [-0.39, 0.29) is 6.54 Å². The van der Waals surface area contributed by atoms with Crippen molar-refractivity contribution in [3.8, 4) is 0 Å². The largest absolute Gasteiger partial charge is 0.480 e. The van der Waals surface area contributed by atoms with Gasteiger partial charge in [-0.2, -0.15) is 0 Å². The smallest absolute Gasteiger partial charge is 0.322 e. The SMILES string of the molecule is CP(=O)(O)O.NCC(=O)O.O=[PH](O)O. The van der Waals surface area contributed by atoms with Crippen molar-refractivity contribution in [2.45, 2.75) is 0 Å². The molecule has 88 valence electrons. The lowest BCUT2D eigenvalue weighted by atomic mass is 10.7. The van der Waals surface area contributed by atoms with Crippen LogP contribution in [0.25, 0.3) is 0 Å². The highest BCUT2D eigenvalue weighted by atomic mass is 31.2. The molecule has 0 bridgehead atoms. The summed E-state index contributed by atoms with van der Waals surface area (Å²) < 4.78 is 18.1. The Morgan fingerprint density at radius 3 is 1.50 bits per heavy atom. The number of carboxylic acids is 1. The Morgan fingerprint density at radius 1 is 1.43 bits per heavy atom. The van der Waals surface area contributed by atoms with Gasteiger partial charge in [0, 0.05) is 6.66 Å². The molecule has 0 aliphatic heterocycles. The molecule has 0 saturated carbocycles. The van der Waals surface area contributed by atoms with Gasteiger partial charge >= 0.3 is 21.8 Å². The van der Waals surface area contributed by atoms with E-state index in [0.717, 1.165) is 6.66 Å². The summed E-state index contributed by atoms with van der Waals surface area (Å²) in [6.07, 6.45) is 0. The normalized spacial score (nSPS) is 9.36. The number of hydrogen-bond acceptors (Lipinski definition) is 4. The van der Waals surface area contributed by atoms with E-state index in [9.17, 15) is 9.36 Å². The second kappa shape index (κ2) is 10.8. The van der Waals surface area contributed by atoms with Gasteiger partial charge in [0.2, 0.25) is 0 Å². The molecule has 0 spiro atoms. The Morgan fingerprint density at radius 2 is 1.50 bits per heavy atom. The van der Waals surface area contributed by atoms with Crippen molar-refractivity contribution in [2.75, 3.05) is 13.2 Å². The minimum Gasteiger partial charge on any atom is -0.480 e. The summed E-state index contributed by atoms with van der Waals surface area (Å²) in [6.45, 7) is 0.576. The number of rotatable bonds is 1. The summed E-state index contributed by atoms with van der Waals surface area (Å²) in [7, 11) is -6.77. The van der Waals surface area contributed by atoms with Crippen LogP contribution in [0.3, 0.4) is 0 Å². The summed E-state index contributed by atoms with van der Waals surface area (Å²) in [5.74, 6) is -0.968. The molecule has 0 unspecified atom stereocenters. The van der Waals surface area contributed by atoms with Gasteiger partial charge in [-0.3, -0.25) is 13.9 Å². The van der Waals surface area contributed by atoms with Crippen molar-refractivity contribution >= 4 is 21.8 Å². The molecule has 14 heavy (non-hydrogen) atoms. The number of aliphatic carboxylic acids is 1. The predicted molar refractivity (Wildman–Crippen MR) is 48.1 cm³/mol. The molecule has 7 N–H and O–H groups in total. The lowest BCUT2D eigenvalue weighted by Gasteiger charge is -1.84. The summed E-state index contributed by atoms with van der Waals surface area (Å²) in [4.78, 5) is 38.8. The number of hydrogen-bond donors (Lipinski definition) is 6. The zero-order valence-electron chi connectivity index (χ0n) is 7.19. The van der Waals surface area contributed by atoms with Crippen molar-refractivity contribution in [1.82, 2.24) is 0 Å².